The van der Waals surface area contributed by atoms with Gasteiger partial charge in [-0.25, -0.2) is 4.39 Å². The van der Waals surface area contributed by atoms with Crippen LogP contribution in [0.4, 0.5) is 4.39 Å². The van der Waals surface area contributed by atoms with Crippen LogP contribution in [0.25, 0.3) is 0 Å². The fraction of sp³-hybridized carbons (Fsp3) is 0.429. The first kappa shape index (κ1) is 13.4. The molecule has 0 spiro atoms. The number of halogens is 2. The standard InChI is InChI=1S/C14H16ClFN2/c1-2-6-17-7-9-18(10-8-17)11-12-13(15)4-3-5-14(12)16/h1,3-5H,6-11H2. The second kappa shape index (κ2) is 6.19. The number of rotatable bonds is 3. The van der Waals surface area contributed by atoms with Gasteiger partial charge in [-0.05, 0) is 12.1 Å². The van der Waals surface area contributed by atoms with E-state index in [2.05, 4.69) is 15.7 Å². The zero-order chi connectivity index (χ0) is 13.0. The van der Waals surface area contributed by atoms with E-state index in [1.165, 1.54) is 6.07 Å². The Morgan fingerprint density at radius 2 is 1.89 bits per heavy atom. The van der Waals surface area contributed by atoms with Crippen molar-refractivity contribution in [2.24, 2.45) is 0 Å². The Kier molecular flexibility index (Phi) is 4.60. The molecule has 1 aliphatic heterocycles. The molecule has 1 heterocycles. The summed E-state index contributed by atoms with van der Waals surface area (Å²) >= 11 is 6.02. The molecule has 1 aromatic carbocycles. The topological polar surface area (TPSA) is 6.48 Å². The Labute approximate surface area is 112 Å². The van der Waals surface area contributed by atoms with Crippen LogP contribution in [0.5, 0.6) is 0 Å². The zero-order valence-electron chi connectivity index (χ0n) is 10.2. The maximum absolute atomic E-state index is 13.7. The van der Waals surface area contributed by atoms with E-state index in [1.807, 2.05) is 0 Å². The van der Waals surface area contributed by atoms with Crippen LogP contribution in [-0.4, -0.2) is 42.5 Å². The van der Waals surface area contributed by atoms with Crippen LogP contribution in [-0.2, 0) is 6.54 Å². The highest BCUT2D eigenvalue weighted by Gasteiger charge is 2.18. The molecule has 0 bridgehead atoms. The predicted octanol–water partition coefficient (Wildman–Crippen LogP) is 2.23. The third-order valence-electron chi connectivity index (χ3n) is 3.22. The van der Waals surface area contributed by atoms with Gasteiger partial charge in [0.25, 0.3) is 0 Å². The summed E-state index contributed by atoms with van der Waals surface area (Å²) in [5.41, 5.74) is 0.588. The van der Waals surface area contributed by atoms with Crippen LogP contribution in [0.2, 0.25) is 5.02 Å². The van der Waals surface area contributed by atoms with E-state index >= 15 is 0 Å². The van der Waals surface area contributed by atoms with Gasteiger partial charge in [-0.15, -0.1) is 6.42 Å². The summed E-state index contributed by atoms with van der Waals surface area (Å²) in [6.45, 7) is 4.90. The van der Waals surface area contributed by atoms with Crippen molar-refractivity contribution in [1.29, 1.82) is 0 Å². The molecule has 0 aliphatic carbocycles. The van der Waals surface area contributed by atoms with Crippen LogP contribution in [0.1, 0.15) is 5.56 Å². The van der Waals surface area contributed by atoms with Gasteiger partial charge in [-0.2, -0.15) is 0 Å². The van der Waals surface area contributed by atoms with Gasteiger partial charge in [0.1, 0.15) is 5.82 Å². The lowest BCUT2D eigenvalue weighted by molar-refractivity contribution is 0.137. The molecule has 0 atom stereocenters. The molecule has 0 N–H and O–H groups in total. The van der Waals surface area contributed by atoms with Crippen molar-refractivity contribution in [2.45, 2.75) is 6.54 Å². The van der Waals surface area contributed by atoms with E-state index in [9.17, 15) is 4.39 Å². The highest BCUT2D eigenvalue weighted by molar-refractivity contribution is 6.31. The lowest BCUT2D eigenvalue weighted by Gasteiger charge is -2.33. The average Bonchev–Trinajstić information content (AvgIpc) is 2.36. The second-order valence-corrected chi connectivity index (χ2v) is 4.86. The number of terminal acetylenes is 1. The molecule has 1 saturated heterocycles. The molecule has 1 fully saturated rings. The van der Waals surface area contributed by atoms with E-state index < -0.39 is 0 Å². The van der Waals surface area contributed by atoms with Crippen molar-refractivity contribution in [3.8, 4) is 12.3 Å². The van der Waals surface area contributed by atoms with Crippen LogP contribution < -0.4 is 0 Å². The Hall–Kier alpha value is -1.08. The lowest BCUT2D eigenvalue weighted by Crippen LogP contribution is -2.45. The molecule has 2 nitrogen and oxygen atoms in total. The van der Waals surface area contributed by atoms with Crippen molar-refractivity contribution in [3.05, 3.63) is 34.6 Å². The molecular weight excluding hydrogens is 251 g/mol. The zero-order valence-corrected chi connectivity index (χ0v) is 11.0. The van der Waals surface area contributed by atoms with Crippen molar-refractivity contribution >= 4 is 11.6 Å². The van der Waals surface area contributed by atoms with Gasteiger partial charge in [0.05, 0.1) is 6.54 Å². The van der Waals surface area contributed by atoms with E-state index in [0.29, 0.717) is 23.7 Å². The van der Waals surface area contributed by atoms with Crippen molar-refractivity contribution in [2.75, 3.05) is 32.7 Å². The summed E-state index contributed by atoms with van der Waals surface area (Å²) in [5.74, 6) is 2.42. The molecule has 1 aromatic rings. The van der Waals surface area contributed by atoms with Crippen LogP contribution >= 0.6 is 11.6 Å². The van der Waals surface area contributed by atoms with Gasteiger partial charge >= 0.3 is 0 Å². The van der Waals surface area contributed by atoms with Crippen molar-refractivity contribution in [1.82, 2.24) is 9.80 Å². The highest BCUT2D eigenvalue weighted by Crippen LogP contribution is 2.21. The third kappa shape index (κ3) is 3.23. The third-order valence-corrected chi connectivity index (χ3v) is 3.58. The number of hydrogen-bond donors (Lipinski definition) is 0. The van der Waals surface area contributed by atoms with Gasteiger partial charge < -0.3 is 0 Å². The summed E-state index contributed by atoms with van der Waals surface area (Å²) in [5, 5.41) is 0.501. The second-order valence-electron chi connectivity index (χ2n) is 4.46. The van der Waals surface area contributed by atoms with Gasteiger partial charge in [-0.1, -0.05) is 23.6 Å². The monoisotopic (exact) mass is 266 g/mol. The molecule has 0 radical (unpaired) electrons. The first-order chi connectivity index (χ1) is 8.70. The van der Waals surface area contributed by atoms with Crippen molar-refractivity contribution < 1.29 is 4.39 Å². The molecule has 1 aliphatic rings. The van der Waals surface area contributed by atoms with Gasteiger partial charge in [0.15, 0.2) is 0 Å². The Morgan fingerprint density at radius 1 is 1.22 bits per heavy atom. The fourth-order valence-electron chi connectivity index (χ4n) is 2.14. The Morgan fingerprint density at radius 3 is 2.50 bits per heavy atom. The van der Waals surface area contributed by atoms with Crippen LogP contribution in [0.15, 0.2) is 18.2 Å². The summed E-state index contributed by atoms with van der Waals surface area (Å²) in [4.78, 5) is 4.43. The number of nitrogens with zero attached hydrogens (tertiary/aromatic N) is 2. The first-order valence-corrected chi connectivity index (χ1v) is 6.39. The minimum Gasteiger partial charge on any atom is -0.296 e. The van der Waals surface area contributed by atoms with Crippen molar-refractivity contribution in [3.63, 3.8) is 0 Å². The summed E-state index contributed by atoms with van der Waals surface area (Å²) in [7, 11) is 0. The molecule has 18 heavy (non-hydrogen) atoms. The summed E-state index contributed by atoms with van der Waals surface area (Å²) < 4.78 is 13.7. The summed E-state index contributed by atoms with van der Waals surface area (Å²) in [6.07, 6.45) is 5.28. The molecule has 2 rings (SSSR count). The highest BCUT2D eigenvalue weighted by atomic mass is 35.5. The molecule has 96 valence electrons. The quantitative estimate of drug-likeness (QED) is 0.774. The first-order valence-electron chi connectivity index (χ1n) is 6.02. The maximum atomic E-state index is 13.7. The molecule has 4 heteroatoms. The minimum atomic E-state index is -0.228. The molecule has 0 aromatic heterocycles. The van der Waals surface area contributed by atoms with E-state index in [-0.39, 0.29) is 5.82 Å². The summed E-state index contributed by atoms with van der Waals surface area (Å²) in [6, 6.07) is 4.82. The van der Waals surface area contributed by atoms with Crippen LogP contribution in [0.3, 0.4) is 0 Å². The van der Waals surface area contributed by atoms with E-state index in [1.54, 1.807) is 12.1 Å². The average molecular weight is 267 g/mol. The van der Waals surface area contributed by atoms with Gasteiger partial charge in [0.2, 0.25) is 0 Å². The predicted molar refractivity (Wildman–Crippen MR) is 72.0 cm³/mol. The van der Waals surface area contributed by atoms with E-state index in [4.69, 9.17) is 18.0 Å². The SMILES string of the molecule is C#CCN1CCN(Cc2c(F)cccc2Cl)CC1. The molecule has 0 amide bonds. The van der Waals surface area contributed by atoms with E-state index in [0.717, 1.165) is 26.2 Å². The van der Waals surface area contributed by atoms with Crippen LogP contribution in [0, 0.1) is 18.2 Å². The van der Waals surface area contributed by atoms with Gasteiger partial charge in [-0.3, -0.25) is 9.80 Å². The fourth-order valence-corrected chi connectivity index (χ4v) is 2.36. The largest absolute Gasteiger partial charge is 0.296 e. The van der Waals surface area contributed by atoms with Gasteiger partial charge in [0, 0.05) is 43.3 Å². The smallest absolute Gasteiger partial charge is 0.129 e. The molecule has 0 unspecified atom stereocenters. The Balaban J connectivity index is 1.94. The number of piperazine rings is 1. The molecule has 0 saturated carbocycles. The number of hydrogen-bond acceptors (Lipinski definition) is 2. The molecular formula is C14H16ClFN2. The Bertz CT molecular complexity index is 427. The minimum absolute atomic E-state index is 0.228. The maximum Gasteiger partial charge on any atom is 0.129 e. The normalized spacial score (nSPS) is 17.6. The lowest BCUT2D eigenvalue weighted by atomic mass is 10.2. The number of benzene rings is 1.